The molecule has 1 atom stereocenters. The lowest BCUT2D eigenvalue weighted by Gasteiger charge is -2.06. The van der Waals surface area contributed by atoms with Crippen LogP contribution in [0.25, 0.3) is 0 Å². The number of nitrogens with one attached hydrogen (secondary N) is 1. The van der Waals surface area contributed by atoms with E-state index in [4.69, 9.17) is 0 Å². The van der Waals surface area contributed by atoms with Gasteiger partial charge in [-0.1, -0.05) is 15.9 Å². The molecule has 1 rings (SSSR count). The molecule has 1 amide bonds. The van der Waals surface area contributed by atoms with Gasteiger partial charge < -0.3 is 5.32 Å². The van der Waals surface area contributed by atoms with Gasteiger partial charge in [-0.25, -0.2) is 0 Å². The van der Waals surface area contributed by atoms with Crippen LogP contribution in [0.5, 0.6) is 0 Å². The molecule has 0 aliphatic carbocycles. The summed E-state index contributed by atoms with van der Waals surface area (Å²) in [6.45, 7) is 2.51. The summed E-state index contributed by atoms with van der Waals surface area (Å²) in [4.78, 5) is 11.8. The van der Waals surface area contributed by atoms with Gasteiger partial charge >= 0.3 is 0 Å². The average molecular weight is 318 g/mol. The number of carbonyl (C=O) groups excluding carboxylic acids is 1. The molecule has 0 aliphatic heterocycles. The van der Waals surface area contributed by atoms with Crippen LogP contribution in [0.15, 0.2) is 22.7 Å². The van der Waals surface area contributed by atoms with E-state index in [1.807, 2.05) is 19.1 Å². The Hall–Kier alpha value is -0.680. The van der Waals surface area contributed by atoms with E-state index in [9.17, 15) is 9.00 Å². The van der Waals surface area contributed by atoms with Gasteiger partial charge in [-0.3, -0.25) is 9.00 Å². The van der Waals surface area contributed by atoms with Crippen LogP contribution in [0, 0.1) is 6.92 Å². The number of hydrogen-bond acceptors (Lipinski definition) is 2. The van der Waals surface area contributed by atoms with E-state index in [1.165, 1.54) is 0 Å². The van der Waals surface area contributed by atoms with Crippen LogP contribution in [0.2, 0.25) is 0 Å². The minimum absolute atomic E-state index is 0.0868. The van der Waals surface area contributed by atoms with Crippen molar-refractivity contribution in [2.24, 2.45) is 0 Å². The molecule has 1 aromatic carbocycles. The van der Waals surface area contributed by atoms with Crippen molar-refractivity contribution in [3.63, 3.8) is 0 Å². The van der Waals surface area contributed by atoms with Gasteiger partial charge in [0.1, 0.15) is 0 Å². The normalized spacial score (nSPS) is 12.2. The Labute approximate surface area is 113 Å². The molecule has 94 valence electrons. The minimum Gasteiger partial charge on any atom is -0.352 e. The van der Waals surface area contributed by atoms with Gasteiger partial charge in [0.15, 0.2) is 0 Å². The Balaban J connectivity index is 2.49. The fourth-order valence-electron chi connectivity index (χ4n) is 1.45. The standard InChI is InChI=1S/C12H16BrNO2S/c1-9-6-10(8-11(13)7-9)12(15)14-4-3-5-17(2)16/h6-8H,3-5H2,1-2H3,(H,14,15). The molecule has 5 heteroatoms. The van der Waals surface area contributed by atoms with Gasteiger partial charge in [0, 0.05) is 39.4 Å². The summed E-state index contributed by atoms with van der Waals surface area (Å²) in [6, 6.07) is 5.59. The maximum atomic E-state index is 11.8. The highest BCUT2D eigenvalue weighted by Crippen LogP contribution is 2.15. The molecule has 0 saturated carbocycles. The number of aryl methyl sites for hydroxylation is 1. The van der Waals surface area contributed by atoms with Crippen molar-refractivity contribution in [3.05, 3.63) is 33.8 Å². The van der Waals surface area contributed by atoms with Gasteiger partial charge in [-0.2, -0.15) is 0 Å². The van der Waals surface area contributed by atoms with Gasteiger partial charge in [-0.15, -0.1) is 0 Å². The topological polar surface area (TPSA) is 46.2 Å². The quantitative estimate of drug-likeness (QED) is 0.847. The molecule has 0 heterocycles. The second-order valence-electron chi connectivity index (χ2n) is 3.90. The first kappa shape index (κ1) is 14.4. The Morgan fingerprint density at radius 2 is 2.12 bits per heavy atom. The molecule has 0 fully saturated rings. The number of halogens is 1. The van der Waals surface area contributed by atoms with Crippen molar-refractivity contribution in [1.82, 2.24) is 5.32 Å². The van der Waals surface area contributed by atoms with Crippen molar-refractivity contribution < 1.29 is 9.00 Å². The molecule has 0 spiro atoms. The van der Waals surface area contributed by atoms with Crippen molar-refractivity contribution >= 4 is 32.6 Å². The van der Waals surface area contributed by atoms with E-state index in [1.54, 1.807) is 12.3 Å². The van der Waals surface area contributed by atoms with Crippen molar-refractivity contribution in [2.75, 3.05) is 18.6 Å². The van der Waals surface area contributed by atoms with Gasteiger partial charge in [0.05, 0.1) is 0 Å². The molecule has 3 nitrogen and oxygen atoms in total. The van der Waals surface area contributed by atoms with Crippen LogP contribution in [0.4, 0.5) is 0 Å². The van der Waals surface area contributed by atoms with Crippen molar-refractivity contribution in [3.8, 4) is 0 Å². The summed E-state index contributed by atoms with van der Waals surface area (Å²) in [5.74, 6) is 0.536. The summed E-state index contributed by atoms with van der Waals surface area (Å²) in [6.07, 6.45) is 2.40. The van der Waals surface area contributed by atoms with Crippen LogP contribution in [0.1, 0.15) is 22.3 Å². The SMILES string of the molecule is Cc1cc(Br)cc(C(=O)NCCCS(C)=O)c1. The first-order valence-electron chi connectivity index (χ1n) is 5.34. The van der Waals surface area contributed by atoms with Gasteiger partial charge in [-0.05, 0) is 37.1 Å². The number of hydrogen-bond donors (Lipinski definition) is 1. The average Bonchev–Trinajstić information content (AvgIpc) is 2.22. The molecule has 1 unspecified atom stereocenters. The zero-order valence-corrected chi connectivity index (χ0v) is 12.4. The summed E-state index contributed by atoms with van der Waals surface area (Å²) in [5.41, 5.74) is 1.69. The molecular formula is C12H16BrNO2S. The third-order valence-electron chi connectivity index (χ3n) is 2.20. The lowest BCUT2D eigenvalue weighted by atomic mass is 10.1. The molecule has 0 radical (unpaired) electrons. The Kier molecular flexibility index (Phi) is 5.85. The van der Waals surface area contributed by atoms with E-state index in [0.717, 1.165) is 16.5 Å². The summed E-state index contributed by atoms with van der Waals surface area (Å²) in [7, 11) is -0.791. The van der Waals surface area contributed by atoms with E-state index < -0.39 is 10.8 Å². The Morgan fingerprint density at radius 1 is 1.41 bits per heavy atom. The second kappa shape index (κ2) is 6.91. The fraction of sp³-hybridized carbons (Fsp3) is 0.417. The van der Waals surface area contributed by atoms with E-state index in [2.05, 4.69) is 21.2 Å². The Bertz CT molecular complexity index is 414. The smallest absolute Gasteiger partial charge is 0.251 e. The summed E-state index contributed by atoms with van der Waals surface area (Å²) < 4.78 is 11.7. The summed E-state index contributed by atoms with van der Waals surface area (Å²) >= 11 is 3.36. The molecule has 0 saturated heterocycles. The predicted octanol–water partition coefficient (Wildman–Crippen LogP) is 2.26. The van der Waals surface area contributed by atoms with Crippen molar-refractivity contribution in [2.45, 2.75) is 13.3 Å². The zero-order chi connectivity index (χ0) is 12.8. The largest absolute Gasteiger partial charge is 0.352 e. The molecular weight excluding hydrogens is 302 g/mol. The first-order chi connectivity index (χ1) is 7.99. The van der Waals surface area contributed by atoms with Crippen LogP contribution >= 0.6 is 15.9 Å². The molecule has 17 heavy (non-hydrogen) atoms. The maximum Gasteiger partial charge on any atom is 0.251 e. The second-order valence-corrected chi connectivity index (χ2v) is 6.37. The van der Waals surface area contributed by atoms with Crippen LogP contribution in [-0.4, -0.2) is 28.7 Å². The molecule has 0 aliphatic rings. The van der Waals surface area contributed by atoms with E-state index in [0.29, 0.717) is 17.9 Å². The van der Waals surface area contributed by atoms with Crippen LogP contribution in [0.3, 0.4) is 0 Å². The van der Waals surface area contributed by atoms with E-state index in [-0.39, 0.29) is 5.91 Å². The van der Waals surface area contributed by atoms with Crippen LogP contribution in [-0.2, 0) is 10.8 Å². The van der Waals surface area contributed by atoms with Gasteiger partial charge in [0.25, 0.3) is 5.91 Å². The molecule has 0 bridgehead atoms. The van der Waals surface area contributed by atoms with Gasteiger partial charge in [0.2, 0.25) is 0 Å². The lowest BCUT2D eigenvalue weighted by Crippen LogP contribution is -2.25. The Morgan fingerprint density at radius 3 is 2.71 bits per heavy atom. The minimum atomic E-state index is -0.791. The highest BCUT2D eigenvalue weighted by Gasteiger charge is 2.06. The van der Waals surface area contributed by atoms with Crippen LogP contribution < -0.4 is 5.32 Å². The third-order valence-corrected chi connectivity index (χ3v) is 3.52. The molecule has 1 aromatic rings. The lowest BCUT2D eigenvalue weighted by molar-refractivity contribution is 0.0953. The monoisotopic (exact) mass is 317 g/mol. The maximum absolute atomic E-state index is 11.8. The van der Waals surface area contributed by atoms with E-state index >= 15 is 0 Å². The summed E-state index contributed by atoms with van der Waals surface area (Å²) in [5, 5.41) is 2.81. The fourth-order valence-corrected chi connectivity index (χ4v) is 2.61. The predicted molar refractivity (Wildman–Crippen MR) is 74.8 cm³/mol. The highest BCUT2D eigenvalue weighted by molar-refractivity contribution is 9.10. The number of amides is 1. The third kappa shape index (κ3) is 5.46. The number of carbonyl (C=O) groups is 1. The first-order valence-corrected chi connectivity index (χ1v) is 7.86. The molecule has 1 N–H and O–H groups in total. The number of rotatable bonds is 5. The molecule has 0 aromatic heterocycles. The number of benzene rings is 1. The zero-order valence-electron chi connectivity index (χ0n) is 9.96. The highest BCUT2D eigenvalue weighted by atomic mass is 79.9. The van der Waals surface area contributed by atoms with Crippen molar-refractivity contribution in [1.29, 1.82) is 0 Å².